The fourth-order valence-corrected chi connectivity index (χ4v) is 5.35. The number of hydrogen-bond donors (Lipinski definition) is 1. The number of nitrogens with zero attached hydrogens (tertiary/aromatic N) is 3. The van der Waals surface area contributed by atoms with Crippen LogP contribution in [0.15, 0.2) is 30.5 Å². The third-order valence-corrected chi connectivity index (χ3v) is 7.17. The van der Waals surface area contributed by atoms with E-state index in [4.69, 9.17) is 0 Å². The van der Waals surface area contributed by atoms with Gasteiger partial charge in [-0.2, -0.15) is 13.2 Å². The number of aromatic nitrogens is 2. The standard InChI is InChI=1S/C26H31F5N4O3/c27-25(28)11-5-12-34(16-25)13-10-18(14-22(36)37)32-24(38)20-15-35(23(33-20)17-6-1-2-7-17)21-9-4-3-8-19(21)26(29,30)31/h3-4,8-9,15,17-18H,1-2,5-7,10-14,16H2,(H,32,38)(H,36,37)/p-1. The van der Waals surface area contributed by atoms with Gasteiger partial charge in [-0.15, -0.1) is 0 Å². The molecular weight excluding hydrogens is 511 g/mol. The predicted octanol–water partition coefficient (Wildman–Crippen LogP) is 3.91. The van der Waals surface area contributed by atoms with Crippen LogP contribution < -0.4 is 10.4 Å². The zero-order valence-electron chi connectivity index (χ0n) is 20.8. The summed E-state index contributed by atoms with van der Waals surface area (Å²) >= 11 is 0. The summed E-state index contributed by atoms with van der Waals surface area (Å²) in [5, 5.41) is 13.9. The lowest BCUT2D eigenvalue weighted by atomic mass is 10.1. The molecule has 1 N–H and O–H groups in total. The molecule has 1 saturated heterocycles. The Morgan fingerprint density at radius 3 is 2.53 bits per heavy atom. The lowest BCUT2D eigenvalue weighted by molar-refractivity contribution is -0.306. The van der Waals surface area contributed by atoms with Gasteiger partial charge >= 0.3 is 6.18 Å². The van der Waals surface area contributed by atoms with Crippen LogP contribution in [0.4, 0.5) is 22.0 Å². The molecule has 0 radical (unpaired) electrons. The second-order valence-electron chi connectivity index (χ2n) is 10.1. The molecule has 1 unspecified atom stereocenters. The highest BCUT2D eigenvalue weighted by atomic mass is 19.4. The first-order chi connectivity index (χ1) is 17.9. The summed E-state index contributed by atoms with van der Waals surface area (Å²) < 4.78 is 70.1. The van der Waals surface area contributed by atoms with Gasteiger partial charge in [0.2, 0.25) is 0 Å². The number of imidazole rings is 1. The molecule has 1 aliphatic carbocycles. The van der Waals surface area contributed by atoms with Crippen LogP contribution in [0.2, 0.25) is 0 Å². The minimum atomic E-state index is -4.62. The number of carbonyl (C=O) groups excluding carboxylic acids is 2. The van der Waals surface area contributed by atoms with E-state index in [-0.39, 0.29) is 36.7 Å². The molecule has 2 fully saturated rings. The van der Waals surface area contributed by atoms with E-state index in [0.29, 0.717) is 18.8 Å². The van der Waals surface area contributed by atoms with Gasteiger partial charge in [0.25, 0.3) is 11.8 Å². The molecule has 7 nitrogen and oxygen atoms in total. The van der Waals surface area contributed by atoms with Crippen LogP contribution in [0.5, 0.6) is 0 Å². The minimum Gasteiger partial charge on any atom is -0.550 e. The fourth-order valence-electron chi connectivity index (χ4n) is 5.35. The average molecular weight is 542 g/mol. The SMILES string of the molecule is O=C([O-])CC(CCN1CCCC(F)(F)C1)NC(=O)c1cn(-c2ccccc2C(F)(F)F)c(C2CCCC2)n1. The summed E-state index contributed by atoms with van der Waals surface area (Å²) in [4.78, 5) is 30.4. The number of likely N-dealkylation sites (tertiary alicyclic amines) is 1. The number of halogens is 5. The van der Waals surface area contributed by atoms with Crippen molar-refractivity contribution < 1.29 is 36.6 Å². The summed E-state index contributed by atoms with van der Waals surface area (Å²) in [6.07, 6.45) is -0.494. The molecule has 0 spiro atoms. The maximum atomic E-state index is 13.8. The van der Waals surface area contributed by atoms with Crippen LogP contribution in [0, 0.1) is 0 Å². The molecule has 1 saturated carbocycles. The van der Waals surface area contributed by atoms with E-state index in [9.17, 15) is 36.6 Å². The smallest absolute Gasteiger partial charge is 0.418 e. The van der Waals surface area contributed by atoms with Crippen molar-refractivity contribution in [3.8, 4) is 5.69 Å². The van der Waals surface area contributed by atoms with Crippen molar-refractivity contribution in [1.29, 1.82) is 0 Å². The van der Waals surface area contributed by atoms with E-state index < -0.39 is 48.5 Å². The van der Waals surface area contributed by atoms with Crippen molar-refractivity contribution in [2.45, 2.75) is 75.4 Å². The largest absolute Gasteiger partial charge is 0.550 e. The predicted molar refractivity (Wildman–Crippen MR) is 126 cm³/mol. The van der Waals surface area contributed by atoms with Gasteiger partial charge in [0.1, 0.15) is 11.5 Å². The second-order valence-corrected chi connectivity index (χ2v) is 10.1. The first kappa shape index (κ1) is 28.0. The summed E-state index contributed by atoms with van der Waals surface area (Å²) in [5.41, 5.74) is -1.15. The van der Waals surface area contributed by atoms with Gasteiger partial charge in [-0.25, -0.2) is 13.8 Å². The molecule has 4 rings (SSSR count). The van der Waals surface area contributed by atoms with E-state index in [1.54, 1.807) is 0 Å². The van der Waals surface area contributed by atoms with Crippen LogP contribution in [0.3, 0.4) is 0 Å². The number of piperidine rings is 1. The van der Waals surface area contributed by atoms with E-state index in [1.807, 2.05) is 0 Å². The lowest BCUT2D eigenvalue weighted by Crippen LogP contribution is -2.46. The monoisotopic (exact) mass is 541 g/mol. The van der Waals surface area contributed by atoms with Crippen LogP contribution in [0.1, 0.15) is 79.2 Å². The highest BCUT2D eigenvalue weighted by Crippen LogP contribution is 2.38. The van der Waals surface area contributed by atoms with E-state index in [1.165, 1.54) is 33.9 Å². The zero-order chi connectivity index (χ0) is 27.5. The molecule has 1 aliphatic heterocycles. The van der Waals surface area contributed by atoms with Crippen LogP contribution in [-0.2, 0) is 11.0 Å². The number of nitrogens with one attached hydrogen (secondary N) is 1. The highest BCUT2D eigenvalue weighted by molar-refractivity contribution is 5.92. The van der Waals surface area contributed by atoms with E-state index in [2.05, 4.69) is 10.3 Å². The Hall–Kier alpha value is -3.02. The molecular formula is C26H30F5N4O3-. The second kappa shape index (κ2) is 11.4. The van der Waals surface area contributed by atoms with Gasteiger partial charge in [0.05, 0.1) is 17.8 Å². The number of para-hydroxylation sites is 1. The van der Waals surface area contributed by atoms with E-state index in [0.717, 1.165) is 31.7 Å². The molecule has 1 atom stereocenters. The van der Waals surface area contributed by atoms with Crippen molar-refractivity contribution in [2.24, 2.45) is 0 Å². The normalized spacial score (nSPS) is 19.4. The van der Waals surface area contributed by atoms with Crippen molar-refractivity contribution >= 4 is 11.9 Å². The summed E-state index contributed by atoms with van der Waals surface area (Å²) in [6.45, 7) is 0.149. The van der Waals surface area contributed by atoms with Gasteiger partial charge in [0, 0.05) is 43.5 Å². The molecule has 12 heteroatoms. The molecule has 2 heterocycles. The Bertz CT molecular complexity index is 1140. The molecule has 1 aromatic carbocycles. The van der Waals surface area contributed by atoms with Crippen molar-refractivity contribution in [1.82, 2.24) is 19.8 Å². The first-order valence-corrected chi connectivity index (χ1v) is 12.8. The Kier molecular flexibility index (Phi) is 8.39. The third-order valence-electron chi connectivity index (χ3n) is 7.17. The van der Waals surface area contributed by atoms with E-state index >= 15 is 0 Å². The molecule has 1 aromatic heterocycles. The Labute approximate surface area is 217 Å². The van der Waals surface area contributed by atoms with Gasteiger partial charge in [-0.1, -0.05) is 25.0 Å². The summed E-state index contributed by atoms with van der Waals surface area (Å²) in [7, 11) is 0. The number of carboxylic acids is 1. The quantitative estimate of drug-likeness (QED) is 0.487. The maximum Gasteiger partial charge on any atom is 0.418 e. The topological polar surface area (TPSA) is 90.3 Å². The van der Waals surface area contributed by atoms with Crippen molar-refractivity contribution in [3.63, 3.8) is 0 Å². The Balaban J connectivity index is 1.57. The average Bonchev–Trinajstić information content (AvgIpc) is 3.51. The number of aliphatic carboxylic acids is 1. The number of carboxylic acid groups (broad SMARTS) is 1. The fraction of sp³-hybridized carbons (Fsp3) is 0.577. The number of alkyl halides is 5. The molecule has 208 valence electrons. The molecule has 1 amide bonds. The summed E-state index contributed by atoms with van der Waals surface area (Å²) in [5.74, 6) is -4.77. The molecule has 38 heavy (non-hydrogen) atoms. The van der Waals surface area contributed by atoms with Crippen molar-refractivity contribution in [3.05, 3.63) is 47.5 Å². The Morgan fingerprint density at radius 2 is 1.87 bits per heavy atom. The molecule has 2 aromatic rings. The highest BCUT2D eigenvalue weighted by Gasteiger charge is 2.36. The minimum absolute atomic E-state index is 0.0862. The van der Waals surface area contributed by atoms with Gasteiger partial charge in [-0.05, 0) is 44.4 Å². The van der Waals surface area contributed by atoms with Gasteiger partial charge < -0.3 is 19.8 Å². The van der Waals surface area contributed by atoms with Gasteiger partial charge in [-0.3, -0.25) is 9.69 Å². The zero-order valence-corrected chi connectivity index (χ0v) is 20.8. The number of amides is 1. The molecule has 2 aliphatic rings. The van der Waals surface area contributed by atoms with Crippen LogP contribution in [0.25, 0.3) is 5.69 Å². The molecule has 0 bridgehead atoms. The number of rotatable bonds is 9. The lowest BCUT2D eigenvalue weighted by Gasteiger charge is -2.33. The number of benzene rings is 1. The summed E-state index contributed by atoms with van der Waals surface area (Å²) in [6, 6.07) is 4.12. The first-order valence-electron chi connectivity index (χ1n) is 12.8. The third kappa shape index (κ3) is 6.89. The maximum absolute atomic E-state index is 13.8. The van der Waals surface area contributed by atoms with Crippen LogP contribution in [-0.4, -0.2) is 57.9 Å². The number of hydrogen-bond acceptors (Lipinski definition) is 5. The number of carbonyl (C=O) groups is 2. The van der Waals surface area contributed by atoms with Crippen LogP contribution >= 0.6 is 0 Å². The van der Waals surface area contributed by atoms with Gasteiger partial charge in [0.15, 0.2) is 0 Å². The van der Waals surface area contributed by atoms with Crippen molar-refractivity contribution in [2.75, 3.05) is 19.6 Å². The Morgan fingerprint density at radius 1 is 1.16 bits per heavy atom.